The number of nitrogens with one attached hydrogen (secondary N) is 1. The van der Waals surface area contributed by atoms with Crippen LogP contribution in [0, 0.1) is 11.3 Å². The van der Waals surface area contributed by atoms with E-state index in [0.717, 1.165) is 25.6 Å². The summed E-state index contributed by atoms with van der Waals surface area (Å²) in [5.74, 6) is 1.07. The molecule has 0 radical (unpaired) electrons. The summed E-state index contributed by atoms with van der Waals surface area (Å²) in [5, 5.41) is 3.33. The molecule has 1 heterocycles. The van der Waals surface area contributed by atoms with E-state index in [1.165, 1.54) is 32.1 Å². The maximum Gasteiger partial charge on any atom is 0.236 e. The lowest BCUT2D eigenvalue weighted by molar-refractivity contribution is -0.130. The van der Waals surface area contributed by atoms with Gasteiger partial charge in [-0.1, -0.05) is 26.7 Å². The van der Waals surface area contributed by atoms with E-state index in [-0.39, 0.29) is 0 Å². The third-order valence-electron chi connectivity index (χ3n) is 4.34. The molecule has 2 fully saturated rings. The second kappa shape index (κ2) is 5.38. The molecule has 1 amide bonds. The molecule has 0 aromatic heterocycles. The predicted octanol–water partition coefficient (Wildman–Crippen LogP) is 2.02. The number of carbonyl (C=O) groups excluding carboxylic acids is 1. The number of hydrogen-bond donors (Lipinski definition) is 1. The molecule has 1 atom stereocenters. The van der Waals surface area contributed by atoms with Crippen LogP contribution in [0.2, 0.25) is 0 Å². The van der Waals surface area contributed by atoms with Crippen molar-refractivity contribution in [3.05, 3.63) is 0 Å². The number of rotatable bonds is 4. The Morgan fingerprint density at radius 1 is 1.24 bits per heavy atom. The van der Waals surface area contributed by atoms with Crippen molar-refractivity contribution in [1.82, 2.24) is 10.2 Å². The van der Waals surface area contributed by atoms with E-state index in [1.54, 1.807) is 0 Å². The summed E-state index contributed by atoms with van der Waals surface area (Å²) >= 11 is 0. The van der Waals surface area contributed by atoms with Gasteiger partial charge in [0.25, 0.3) is 0 Å². The van der Waals surface area contributed by atoms with Gasteiger partial charge in [-0.2, -0.15) is 0 Å². The lowest BCUT2D eigenvalue weighted by Crippen LogP contribution is -2.39. The molecule has 2 aliphatic rings. The molecule has 2 rings (SSSR count). The van der Waals surface area contributed by atoms with E-state index < -0.39 is 0 Å². The van der Waals surface area contributed by atoms with E-state index in [4.69, 9.17) is 0 Å². The Morgan fingerprint density at radius 2 is 1.82 bits per heavy atom. The number of carbonyl (C=O) groups is 1. The summed E-state index contributed by atoms with van der Waals surface area (Å²) < 4.78 is 0. The molecule has 0 bridgehead atoms. The van der Waals surface area contributed by atoms with Gasteiger partial charge in [-0.05, 0) is 37.1 Å². The first-order valence-electron chi connectivity index (χ1n) is 7.08. The van der Waals surface area contributed by atoms with Crippen LogP contribution in [0.5, 0.6) is 0 Å². The van der Waals surface area contributed by atoms with E-state index in [1.807, 2.05) is 4.90 Å². The summed E-state index contributed by atoms with van der Waals surface area (Å²) in [6.45, 7) is 8.08. The van der Waals surface area contributed by atoms with Crippen molar-refractivity contribution in [2.24, 2.45) is 11.3 Å². The quantitative estimate of drug-likeness (QED) is 0.812. The van der Waals surface area contributed by atoms with Crippen LogP contribution in [0.1, 0.15) is 46.0 Å². The molecule has 0 aromatic carbocycles. The van der Waals surface area contributed by atoms with Gasteiger partial charge < -0.3 is 10.2 Å². The molecule has 1 unspecified atom stereocenters. The largest absolute Gasteiger partial charge is 0.342 e. The van der Waals surface area contributed by atoms with Crippen LogP contribution in [0.3, 0.4) is 0 Å². The normalized spacial score (nSPS) is 27.6. The molecule has 0 spiro atoms. The van der Waals surface area contributed by atoms with E-state index in [9.17, 15) is 4.79 Å². The third-order valence-corrected chi connectivity index (χ3v) is 4.34. The van der Waals surface area contributed by atoms with Crippen LogP contribution in [0.25, 0.3) is 0 Å². The Morgan fingerprint density at radius 3 is 2.35 bits per heavy atom. The highest BCUT2D eigenvalue weighted by atomic mass is 16.2. The van der Waals surface area contributed by atoms with E-state index in [0.29, 0.717) is 17.9 Å². The van der Waals surface area contributed by atoms with Crippen molar-refractivity contribution in [2.45, 2.75) is 46.0 Å². The Hall–Kier alpha value is -0.570. The van der Waals surface area contributed by atoms with Gasteiger partial charge in [0.05, 0.1) is 6.54 Å². The lowest BCUT2D eigenvalue weighted by Gasteiger charge is -2.20. The summed E-state index contributed by atoms with van der Waals surface area (Å²) in [7, 11) is 0. The first kappa shape index (κ1) is 12.9. The van der Waals surface area contributed by atoms with Crippen molar-refractivity contribution < 1.29 is 4.79 Å². The molecular weight excluding hydrogens is 212 g/mol. The minimum atomic E-state index is 0.297. The highest BCUT2D eigenvalue weighted by Gasteiger charge is 2.44. The predicted molar refractivity (Wildman–Crippen MR) is 69.8 cm³/mol. The highest BCUT2D eigenvalue weighted by molar-refractivity contribution is 5.78. The zero-order chi connectivity index (χ0) is 12.3. The first-order valence-corrected chi connectivity index (χ1v) is 7.08. The minimum absolute atomic E-state index is 0.297. The minimum Gasteiger partial charge on any atom is -0.342 e. The van der Waals surface area contributed by atoms with Gasteiger partial charge >= 0.3 is 0 Å². The zero-order valence-electron chi connectivity index (χ0n) is 11.3. The maximum absolute atomic E-state index is 12.0. The standard InChI is InChI=1S/C14H26N2O/c1-14(2)9-12(14)10-15-11-13(17)16-7-5-3-4-6-8-16/h12,15H,3-11H2,1-2H3. The summed E-state index contributed by atoms with van der Waals surface area (Å²) in [5.41, 5.74) is 0.513. The topological polar surface area (TPSA) is 32.3 Å². The third kappa shape index (κ3) is 3.70. The molecule has 1 saturated heterocycles. The maximum atomic E-state index is 12.0. The fraction of sp³-hybridized carbons (Fsp3) is 0.929. The second-order valence-electron chi connectivity index (χ2n) is 6.32. The Balaban J connectivity index is 1.63. The van der Waals surface area contributed by atoms with Gasteiger partial charge in [-0.25, -0.2) is 0 Å². The Labute approximate surface area is 105 Å². The summed E-state index contributed by atoms with van der Waals surface area (Å²) in [6.07, 6.45) is 6.24. The smallest absolute Gasteiger partial charge is 0.236 e. The van der Waals surface area contributed by atoms with Gasteiger partial charge in [0.2, 0.25) is 5.91 Å². The molecule has 1 aliphatic heterocycles. The number of likely N-dealkylation sites (tertiary alicyclic amines) is 1. The van der Waals surface area contributed by atoms with Crippen molar-refractivity contribution in [3.8, 4) is 0 Å². The molecule has 0 aromatic rings. The molecule has 1 saturated carbocycles. The fourth-order valence-corrected chi connectivity index (χ4v) is 2.71. The van der Waals surface area contributed by atoms with Gasteiger partial charge in [-0.3, -0.25) is 4.79 Å². The SMILES string of the molecule is CC1(C)CC1CNCC(=O)N1CCCCCC1. The van der Waals surface area contributed by atoms with Crippen molar-refractivity contribution in [3.63, 3.8) is 0 Å². The molecule has 1 N–H and O–H groups in total. The number of nitrogens with zero attached hydrogens (tertiary/aromatic N) is 1. The van der Waals surface area contributed by atoms with Crippen LogP contribution < -0.4 is 5.32 Å². The Kier molecular flexibility index (Phi) is 4.08. The average Bonchev–Trinajstić information content (AvgIpc) is 2.96. The first-order chi connectivity index (χ1) is 8.09. The Bertz CT molecular complexity index is 267. The van der Waals surface area contributed by atoms with Crippen LogP contribution in [-0.2, 0) is 4.79 Å². The highest BCUT2D eigenvalue weighted by Crippen LogP contribution is 2.50. The summed E-state index contributed by atoms with van der Waals surface area (Å²) in [6, 6.07) is 0. The molecule has 3 heteroatoms. The molecular formula is C14H26N2O. The molecule has 17 heavy (non-hydrogen) atoms. The van der Waals surface area contributed by atoms with Gasteiger partial charge in [0.1, 0.15) is 0 Å². The summed E-state index contributed by atoms with van der Waals surface area (Å²) in [4.78, 5) is 14.0. The average molecular weight is 238 g/mol. The van der Waals surface area contributed by atoms with Crippen LogP contribution in [0.4, 0.5) is 0 Å². The van der Waals surface area contributed by atoms with Crippen LogP contribution >= 0.6 is 0 Å². The zero-order valence-corrected chi connectivity index (χ0v) is 11.3. The molecule has 3 nitrogen and oxygen atoms in total. The lowest BCUT2D eigenvalue weighted by atomic mass is 10.1. The van der Waals surface area contributed by atoms with Crippen LogP contribution in [-0.4, -0.2) is 37.0 Å². The molecule has 98 valence electrons. The second-order valence-corrected chi connectivity index (χ2v) is 6.32. The van der Waals surface area contributed by atoms with Gasteiger partial charge in [0, 0.05) is 13.1 Å². The van der Waals surface area contributed by atoms with E-state index >= 15 is 0 Å². The number of amides is 1. The molecule has 1 aliphatic carbocycles. The van der Waals surface area contributed by atoms with Gasteiger partial charge in [0.15, 0.2) is 0 Å². The van der Waals surface area contributed by atoms with Crippen molar-refractivity contribution >= 4 is 5.91 Å². The van der Waals surface area contributed by atoms with Crippen LogP contribution in [0.15, 0.2) is 0 Å². The van der Waals surface area contributed by atoms with Crippen molar-refractivity contribution in [1.29, 1.82) is 0 Å². The van der Waals surface area contributed by atoms with Gasteiger partial charge in [-0.15, -0.1) is 0 Å². The fourth-order valence-electron chi connectivity index (χ4n) is 2.71. The number of hydrogen-bond acceptors (Lipinski definition) is 2. The monoisotopic (exact) mass is 238 g/mol. The van der Waals surface area contributed by atoms with Crippen molar-refractivity contribution in [2.75, 3.05) is 26.2 Å². The van der Waals surface area contributed by atoms with E-state index in [2.05, 4.69) is 19.2 Å².